The summed E-state index contributed by atoms with van der Waals surface area (Å²) in [6.45, 7) is 6.19. The number of nitrogens with one attached hydrogen (secondary N) is 1. The van der Waals surface area contributed by atoms with Gasteiger partial charge in [0, 0.05) is 11.8 Å². The third kappa shape index (κ3) is 5.23. The van der Waals surface area contributed by atoms with Crippen LogP contribution in [0.2, 0.25) is 0 Å². The molecular weight excluding hydrogens is 429 g/mol. The Morgan fingerprint density at radius 1 is 1.20 bits per heavy atom. The van der Waals surface area contributed by atoms with E-state index in [2.05, 4.69) is 0 Å². The maximum Gasteiger partial charge on any atom is 0.404 e. The van der Waals surface area contributed by atoms with Crippen LogP contribution in [0.1, 0.15) is 44.5 Å². The minimum atomic E-state index is -4.95. The Balaban J connectivity index is 2.61. The van der Waals surface area contributed by atoms with Crippen LogP contribution in [0.4, 0.5) is 18.9 Å². The molecule has 0 aliphatic heterocycles. The third-order valence-electron chi connectivity index (χ3n) is 3.92. The van der Waals surface area contributed by atoms with Crippen LogP contribution >= 0.6 is 0 Å². The van der Waals surface area contributed by atoms with Gasteiger partial charge < -0.3 is 9.94 Å². The second kappa shape index (κ2) is 7.82. The Bertz CT molecular complexity index is 1100. The molecule has 0 aliphatic carbocycles. The summed E-state index contributed by atoms with van der Waals surface area (Å²) in [4.78, 5) is 29.7. The minimum Gasteiger partial charge on any atom is -0.492 e. The van der Waals surface area contributed by atoms with Crippen LogP contribution in [0.15, 0.2) is 18.2 Å². The van der Waals surface area contributed by atoms with Crippen LogP contribution in [0.25, 0.3) is 10.9 Å². The Labute approximate surface area is 170 Å². The molecule has 1 aromatic carbocycles. The van der Waals surface area contributed by atoms with E-state index >= 15 is 0 Å². The molecule has 12 heteroatoms. The summed E-state index contributed by atoms with van der Waals surface area (Å²) < 4.78 is 63.3. The van der Waals surface area contributed by atoms with Gasteiger partial charge in [-0.1, -0.05) is 6.92 Å². The molecule has 8 nitrogen and oxygen atoms in total. The number of carbonyl (C=O) groups is 2. The average molecular weight is 450 g/mol. The molecule has 2 rings (SSSR count). The number of alkyl halides is 3. The smallest absolute Gasteiger partial charge is 0.404 e. The van der Waals surface area contributed by atoms with E-state index in [-0.39, 0.29) is 28.6 Å². The summed E-state index contributed by atoms with van der Waals surface area (Å²) in [7, 11) is -4.77. The van der Waals surface area contributed by atoms with E-state index in [1.807, 2.05) is 0 Å². The van der Waals surface area contributed by atoms with Crippen LogP contribution in [-0.2, 0) is 14.8 Å². The van der Waals surface area contributed by atoms with Crippen LogP contribution < -0.4 is 9.56 Å². The predicted molar refractivity (Wildman–Crippen MR) is 103 cm³/mol. The molecular formula is C18H21F3N2O6S. The normalized spacial score (nSPS) is 12.8. The lowest BCUT2D eigenvalue weighted by Gasteiger charge is -2.17. The van der Waals surface area contributed by atoms with Gasteiger partial charge in [0.05, 0.1) is 22.2 Å². The molecule has 0 unspecified atom stereocenters. The summed E-state index contributed by atoms with van der Waals surface area (Å²) in [5.41, 5.74) is -1.48. The van der Waals surface area contributed by atoms with Crippen molar-refractivity contribution in [1.29, 1.82) is 0 Å². The zero-order chi connectivity index (χ0) is 23.1. The molecule has 0 radical (unpaired) electrons. The van der Waals surface area contributed by atoms with Gasteiger partial charge in [-0.15, -0.1) is 4.73 Å². The van der Waals surface area contributed by atoms with Crippen molar-refractivity contribution in [3.63, 3.8) is 0 Å². The van der Waals surface area contributed by atoms with Crippen molar-refractivity contribution in [3.05, 3.63) is 23.8 Å². The van der Waals surface area contributed by atoms with Crippen LogP contribution in [0.3, 0.4) is 0 Å². The van der Waals surface area contributed by atoms with Crippen molar-refractivity contribution < 1.29 is 41.1 Å². The van der Waals surface area contributed by atoms with E-state index in [1.165, 1.54) is 6.07 Å². The first-order valence-electron chi connectivity index (χ1n) is 8.76. The average Bonchev–Trinajstić information content (AvgIpc) is 2.82. The molecule has 1 heterocycles. The molecule has 30 heavy (non-hydrogen) atoms. The topological polar surface area (TPSA) is 115 Å². The summed E-state index contributed by atoms with van der Waals surface area (Å²) in [6, 6.07) is 3.44. The fourth-order valence-corrected chi connectivity index (χ4v) is 3.49. The van der Waals surface area contributed by atoms with Crippen molar-refractivity contribution in [2.45, 2.75) is 40.3 Å². The lowest BCUT2D eigenvalue weighted by molar-refractivity contribution is -0.153. The largest absolute Gasteiger partial charge is 0.492 e. The zero-order valence-electron chi connectivity index (χ0n) is 16.6. The molecule has 0 amide bonds. The molecule has 0 spiro atoms. The quantitative estimate of drug-likeness (QED) is 0.653. The number of anilines is 1. The minimum absolute atomic E-state index is 0.0137. The number of aromatic nitrogens is 1. The number of nitrogens with zero attached hydrogens (tertiary/aromatic N) is 1. The van der Waals surface area contributed by atoms with Crippen molar-refractivity contribution in [2.24, 2.45) is 5.41 Å². The summed E-state index contributed by atoms with van der Waals surface area (Å²) in [5, 5.41) is 10.6. The zero-order valence-corrected chi connectivity index (χ0v) is 17.4. The number of benzene rings is 1. The second-order valence-electron chi connectivity index (χ2n) is 7.61. The highest BCUT2D eigenvalue weighted by molar-refractivity contribution is 7.92. The number of hydrogen-bond acceptors (Lipinski definition) is 6. The maximum absolute atomic E-state index is 12.5. The molecule has 0 atom stereocenters. The van der Waals surface area contributed by atoms with Gasteiger partial charge in [-0.05, 0) is 39.0 Å². The summed E-state index contributed by atoms with van der Waals surface area (Å²) in [5.74, 6) is -4.02. The van der Waals surface area contributed by atoms with E-state index in [9.17, 15) is 36.3 Å². The third-order valence-corrected chi connectivity index (χ3v) is 5.17. The van der Waals surface area contributed by atoms with Gasteiger partial charge in [0.25, 0.3) is 0 Å². The molecule has 166 valence electrons. The van der Waals surface area contributed by atoms with E-state index in [0.717, 1.165) is 12.1 Å². The lowest BCUT2D eigenvalue weighted by atomic mass is 9.98. The fourth-order valence-electron chi connectivity index (χ4n) is 2.51. The molecule has 1 aromatic heterocycles. The second-order valence-corrected chi connectivity index (χ2v) is 9.33. The number of Topliss-reactive ketones (excluding diaryl/α,β-unsaturated/α-hetero) is 1. The van der Waals surface area contributed by atoms with Gasteiger partial charge >= 0.3 is 12.1 Å². The van der Waals surface area contributed by atoms with Crippen LogP contribution in [0.5, 0.6) is 5.88 Å². The summed E-state index contributed by atoms with van der Waals surface area (Å²) in [6.07, 6.45) is -4.93. The van der Waals surface area contributed by atoms with E-state index < -0.39 is 45.0 Å². The van der Waals surface area contributed by atoms with Crippen molar-refractivity contribution in [3.8, 4) is 5.88 Å². The Morgan fingerprint density at radius 3 is 2.30 bits per heavy atom. The number of sulfonamides is 1. The first kappa shape index (κ1) is 23.5. The Kier molecular flexibility index (Phi) is 6.13. The van der Waals surface area contributed by atoms with E-state index in [1.54, 1.807) is 32.4 Å². The first-order valence-corrected chi connectivity index (χ1v) is 10.4. The van der Waals surface area contributed by atoms with Gasteiger partial charge in [-0.3, -0.25) is 9.52 Å². The number of fused-ring (bicyclic) bond motifs is 1. The molecule has 2 aromatic rings. The number of halogens is 3. The van der Waals surface area contributed by atoms with Gasteiger partial charge in [-0.25, -0.2) is 13.2 Å². The fraction of sp³-hybridized carbons (Fsp3) is 0.444. The lowest BCUT2D eigenvalue weighted by Crippen LogP contribution is -2.31. The SMILES string of the molecule is CCC(=O)c1c(O)n(OC(=O)C(C)(C)C)c2cc(NS(=O)(=O)CC(F)(F)F)ccc12. The Hall–Kier alpha value is -2.76. The standard InChI is InChI=1S/C18H21F3N2O6S/c1-5-13(24)14-11-7-6-10(22-30(27,28)9-18(19,20)21)8-12(11)23(15(14)25)29-16(26)17(2,3)4/h6-8,22,25H,5,9H2,1-4H3. The van der Waals surface area contributed by atoms with Crippen LogP contribution in [0, 0.1) is 5.41 Å². The number of carbonyl (C=O) groups excluding carboxylic acids is 2. The molecule has 0 bridgehead atoms. The highest BCUT2D eigenvalue weighted by atomic mass is 32.2. The molecule has 2 N–H and O–H groups in total. The molecule has 0 saturated heterocycles. The highest BCUT2D eigenvalue weighted by Gasteiger charge is 2.35. The molecule has 0 fully saturated rings. The van der Waals surface area contributed by atoms with Crippen LogP contribution in [-0.4, -0.2) is 41.9 Å². The van der Waals surface area contributed by atoms with Gasteiger partial charge in [0.2, 0.25) is 15.9 Å². The first-order chi connectivity index (χ1) is 13.6. The predicted octanol–water partition coefficient (Wildman–Crippen LogP) is 3.24. The monoisotopic (exact) mass is 450 g/mol. The van der Waals surface area contributed by atoms with Crippen molar-refractivity contribution >= 4 is 38.4 Å². The van der Waals surface area contributed by atoms with Crippen molar-refractivity contribution in [1.82, 2.24) is 4.73 Å². The van der Waals surface area contributed by atoms with Crippen molar-refractivity contribution in [2.75, 3.05) is 10.5 Å². The summed E-state index contributed by atoms with van der Waals surface area (Å²) >= 11 is 0. The number of rotatable bonds is 6. The van der Waals surface area contributed by atoms with E-state index in [4.69, 9.17) is 4.84 Å². The number of ketones is 1. The number of aromatic hydroxyl groups is 1. The van der Waals surface area contributed by atoms with Gasteiger partial charge in [0.15, 0.2) is 11.5 Å². The molecule has 0 aliphatic rings. The Morgan fingerprint density at radius 2 is 1.80 bits per heavy atom. The van der Waals surface area contributed by atoms with E-state index in [0.29, 0.717) is 4.73 Å². The molecule has 0 saturated carbocycles. The highest BCUT2D eigenvalue weighted by Crippen LogP contribution is 2.34. The van der Waals surface area contributed by atoms with Gasteiger partial charge in [-0.2, -0.15) is 13.2 Å². The maximum atomic E-state index is 12.5. The van der Waals surface area contributed by atoms with Gasteiger partial charge in [0.1, 0.15) is 0 Å². The number of hydrogen-bond donors (Lipinski definition) is 2.